The summed E-state index contributed by atoms with van der Waals surface area (Å²) in [5.41, 5.74) is 1.48. The number of benzene rings is 3. The summed E-state index contributed by atoms with van der Waals surface area (Å²) in [5, 5.41) is 11.8. The molecule has 0 spiro atoms. The molecule has 156 valence electrons. The molecule has 0 aliphatic rings. The number of hydrogen-bond donors (Lipinski definition) is 1. The van der Waals surface area contributed by atoms with Gasteiger partial charge in [0.15, 0.2) is 0 Å². The van der Waals surface area contributed by atoms with Gasteiger partial charge < -0.3 is 5.32 Å². The van der Waals surface area contributed by atoms with Crippen LogP contribution in [-0.4, -0.2) is 5.91 Å². The molecule has 0 aliphatic heterocycles. The average Bonchev–Trinajstić information content (AvgIpc) is 2.74. The lowest BCUT2D eigenvalue weighted by Crippen LogP contribution is -2.14. The number of anilines is 1. The summed E-state index contributed by atoms with van der Waals surface area (Å²) in [4.78, 5) is 12.5. The molecule has 1 amide bonds. The van der Waals surface area contributed by atoms with Crippen LogP contribution in [0.4, 0.5) is 18.9 Å². The number of alkyl halides is 3. The van der Waals surface area contributed by atoms with Crippen LogP contribution >= 0.6 is 15.9 Å². The predicted molar refractivity (Wildman–Crippen MR) is 117 cm³/mol. The first-order valence-electron chi connectivity index (χ1n) is 9.19. The van der Waals surface area contributed by atoms with Gasteiger partial charge in [0.1, 0.15) is 11.6 Å². The highest BCUT2D eigenvalue weighted by Gasteiger charge is 2.30. The zero-order chi connectivity index (χ0) is 22.4. The lowest BCUT2D eigenvalue weighted by molar-refractivity contribution is -0.137. The van der Waals surface area contributed by atoms with Gasteiger partial charge in [0.05, 0.1) is 5.56 Å². The highest BCUT2D eigenvalue weighted by Crippen LogP contribution is 2.31. The Hall–Kier alpha value is -3.37. The minimum Gasteiger partial charge on any atom is -0.321 e. The first-order valence-corrected chi connectivity index (χ1v) is 9.99. The Kier molecular flexibility index (Phi) is 6.93. The molecule has 0 unspecified atom stereocenters. The molecule has 0 aromatic heterocycles. The number of nitrogens with one attached hydrogen (secondary N) is 1. The fourth-order valence-electron chi connectivity index (χ4n) is 2.96. The molecule has 3 nitrogen and oxygen atoms in total. The molecule has 31 heavy (non-hydrogen) atoms. The summed E-state index contributed by atoms with van der Waals surface area (Å²) >= 11 is 3.51. The van der Waals surface area contributed by atoms with Crippen molar-refractivity contribution in [1.82, 2.24) is 0 Å². The Balaban J connectivity index is 1.86. The van der Waals surface area contributed by atoms with Crippen LogP contribution in [0, 0.1) is 11.3 Å². The summed E-state index contributed by atoms with van der Waals surface area (Å²) in [7, 11) is 0. The monoisotopic (exact) mass is 484 g/mol. The number of carbonyl (C=O) groups excluding carboxylic acids is 1. The second kappa shape index (κ2) is 9.63. The van der Waals surface area contributed by atoms with Crippen molar-refractivity contribution in [3.05, 3.63) is 105 Å². The molecular weight excluding hydrogens is 469 g/mol. The Morgan fingerprint density at radius 1 is 1.00 bits per heavy atom. The minimum absolute atomic E-state index is 0.0394. The average molecular weight is 485 g/mol. The molecule has 0 fully saturated rings. The maximum absolute atomic E-state index is 12.9. The molecule has 3 aromatic rings. The second-order valence-corrected chi connectivity index (χ2v) is 7.52. The van der Waals surface area contributed by atoms with Crippen LogP contribution in [0.1, 0.15) is 22.3 Å². The molecule has 0 bridgehead atoms. The Morgan fingerprint density at radius 2 is 1.68 bits per heavy atom. The number of rotatable bonds is 5. The number of carbonyl (C=O) groups is 1. The van der Waals surface area contributed by atoms with Crippen LogP contribution in [0.15, 0.2) is 82.8 Å². The van der Waals surface area contributed by atoms with Crippen LogP contribution < -0.4 is 5.32 Å². The molecule has 0 atom stereocenters. The van der Waals surface area contributed by atoms with Crippen molar-refractivity contribution in [3.8, 4) is 6.07 Å². The number of amides is 1. The van der Waals surface area contributed by atoms with Crippen molar-refractivity contribution >= 4 is 33.6 Å². The normalized spacial score (nSPS) is 11.6. The highest BCUT2D eigenvalue weighted by atomic mass is 79.9. The Morgan fingerprint density at radius 3 is 2.35 bits per heavy atom. The van der Waals surface area contributed by atoms with E-state index in [0.29, 0.717) is 12.0 Å². The van der Waals surface area contributed by atoms with Crippen molar-refractivity contribution in [3.63, 3.8) is 0 Å². The molecule has 0 aliphatic carbocycles. The largest absolute Gasteiger partial charge is 0.416 e. The zero-order valence-electron chi connectivity index (χ0n) is 16.1. The minimum atomic E-state index is -4.53. The first kappa shape index (κ1) is 22.3. The van der Waals surface area contributed by atoms with Crippen LogP contribution in [0.2, 0.25) is 0 Å². The molecular formula is C24H16BrF3N2O. The van der Waals surface area contributed by atoms with Gasteiger partial charge in [-0.2, -0.15) is 18.4 Å². The van der Waals surface area contributed by atoms with E-state index in [1.165, 1.54) is 18.2 Å². The number of hydrogen-bond acceptors (Lipinski definition) is 2. The van der Waals surface area contributed by atoms with Gasteiger partial charge in [-0.05, 0) is 53.5 Å². The lowest BCUT2D eigenvalue weighted by Gasteiger charge is -2.10. The van der Waals surface area contributed by atoms with Crippen molar-refractivity contribution in [2.24, 2.45) is 0 Å². The number of nitrogens with zero attached hydrogens (tertiary/aromatic N) is 1. The molecule has 0 heterocycles. The lowest BCUT2D eigenvalue weighted by atomic mass is 9.98. The molecule has 3 rings (SSSR count). The van der Waals surface area contributed by atoms with Gasteiger partial charge >= 0.3 is 6.18 Å². The fourth-order valence-corrected chi connectivity index (χ4v) is 3.38. The smallest absolute Gasteiger partial charge is 0.321 e. The van der Waals surface area contributed by atoms with E-state index in [9.17, 15) is 23.2 Å². The number of halogens is 4. The van der Waals surface area contributed by atoms with E-state index in [4.69, 9.17) is 0 Å². The molecule has 1 N–H and O–H groups in total. The summed E-state index contributed by atoms with van der Waals surface area (Å²) < 4.78 is 39.6. The van der Waals surface area contributed by atoms with E-state index in [0.717, 1.165) is 27.7 Å². The van der Waals surface area contributed by atoms with E-state index >= 15 is 0 Å². The van der Waals surface area contributed by atoms with Gasteiger partial charge in [-0.15, -0.1) is 0 Å². The molecule has 0 radical (unpaired) electrons. The van der Waals surface area contributed by atoms with Crippen molar-refractivity contribution < 1.29 is 18.0 Å². The van der Waals surface area contributed by atoms with Gasteiger partial charge in [0, 0.05) is 10.2 Å². The van der Waals surface area contributed by atoms with Crippen LogP contribution in [0.25, 0.3) is 6.08 Å². The fraction of sp³-hybridized carbons (Fsp3) is 0.0833. The molecule has 0 saturated heterocycles. The molecule has 0 saturated carbocycles. The third-order valence-corrected chi connectivity index (χ3v) is 5.28. The quantitative estimate of drug-likeness (QED) is 0.327. The Bertz CT molecular complexity index is 1180. The van der Waals surface area contributed by atoms with E-state index in [2.05, 4.69) is 21.2 Å². The third kappa shape index (κ3) is 5.83. The van der Waals surface area contributed by atoms with Gasteiger partial charge in [0.25, 0.3) is 5.91 Å². The standard InChI is InChI=1S/C24H16BrF3N2O/c25-22-11-4-3-8-18(22)12-16-6-1-2-7-17(16)13-19(15-29)23(31)30-21-10-5-9-20(14-21)24(26,27)28/h1-11,13-14H,12H2,(H,30,31)/b19-13+. The van der Waals surface area contributed by atoms with Crippen LogP contribution in [0.3, 0.4) is 0 Å². The van der Waals surface area contributed by atoms with E-state index in [1.54, 1.807) is 12.1 Å². The first-order chi connectivity index (χ1) is 14.8. The number of nitriles is 1. The highest BCUT2D eigenvalue weighted by molar-refractivity contribution is 9.10. The van der Waals surface area contributed by atoms with Crippen molar-refractivity contribution in [1.29, 1.82) is 5.26 Å². The summed E-state index contributed by atoms with van der Waals surface area (Å²) in [5.74, 6) is -0.780. The van der Waals surface area contributed by atoms with Crippen molar-refractivity contribution in [2.75, 3.05) is 5.32 Å². The van der Waals surface area contributed by atoms with Crippen LogP contribution in [0.5, 0.6) is 0 Å². The van der Waals surface area contributed by atoms with E-state index < -0.39 is 17.6 Å². The van der Waals surface area contributed by atoms with E-state index in [1.807, 2.05) is 42.5 Å². The summed E-state index contributed by atoms with van der Waals surface area (Å²) in [6.45, 7) is 0. The zero-order valence-corrected chi connectivity index (χ0v) is 17.7. The maximum atomic E-state index is 12.9. The Labute approximate surface area is 186 Å². The third-order valence-electron chi connectivity index (χ3n) is 4.51. The summed E-state index contributed by atoms with van der Waals surface area (Å²) in [6, 6.07) is 21.1. The maximum Gasteiger partial charge on any atom is 0.416 e. The molecule has 3 aromatic carbocycles. The molecule has 7 heteroatoms. The van der Waals surface area contributed by atoms with Crippen molar-refractivity contribution in [2.45, 2.75) is 12.6 Å². The summed E-state index contributed by atoms with van der Waals surface area (Å²) in [6.07, 6.45) is -2.52. The van der Waals surface area contributed by atoms with Gasteiger partial charge in [-0.25, -0.2) is 0 Å². The van der Waals surface area contributed by atoms with Crippen LogP contribution in [-0.2, 0) is 17.4 Å². The topological polar surface area (TPSA) is 52.9 Å². The van der Waals surface area contributed by atoms with Gasteiger partial charge in [0.2, 0.25) is 0 Å². The van der Waals surface area contributed by atoms with Gasteiger partial charge in [-0.1, -0.05) is 64.5 Å². The predicted octanol–water partition coefficient (Wildman–Crippen LogP) is 6.60. The second-order valence-electron chi connectivity index (χ2n) is 6.67. The van der Waals surface area contributed by atoms with Gasteiger partial charge in [-0.3, -0.25) is 4.79 Å². The van der Waals surface area contributed by atoms with E-state index in [-0.39, 0.29) is 11.3 Å². The SMILES string of the molecule is N#C/C(=C\c1ccccc1Cc1ccccc1Br)C(=O)Nc1cccc(C(F)(F)F)c1.